The van der Waals surface area contributed by atoms with Crippen LogP contribution in [0.2, 0.25) is 5.02 Å². The summed E-state index contributed by atoms with van der Waals surface area (Å²) >= 11 is 10.1. The summed E-state index contributed by atoms with van der Waals surface area (Å²) in [7, 11) is 0. The summed E-state index contributed by atoms with van der Waals surface area (Å²) in [5.74, 6) is 0.0907. The SMILES string of the molecule is O=C(NCc1cccnc1)[C@H]1CCCCN1C1C2=C(C=C(Br)CN2)CCc2cc(Cl)ccc21. The first-order chi connectivity index (χ1) is 16.1. The number of allylic oxidation sites excluding steroid dienone is 2. The molecule has 0 saturated carbocycles. The van der Waals surface area contributed by atoms with E-state index in [2.05, 4.69) is 54.7 Å². The van der Waals surface area contributed by atoms with E-state index in [9.17, 15) is 4.79 Å². The minimum Gasteiger partial charge on any atom is -0.382 e. The van der Waals surface area contributed by atoms with Gasteiger partial charge >= 0.3 is 0 Å². The van der Waals surface area contributed by atoms with Gasteiger partial charge in [0.25, 0.3) is 0 Å². The molecule has 1 amide bonds. The van der Waals surface area contributed by atoms with Crippen LogP contribution < -0.4 is 10.6 Å². The molecule has 1 fully saturated rings. The zero-order valence-corrected chi connectivity index (χ0v) is 20.8. The molecule has 1 unspecified atom stereocenters. The van der Waals surface area contributed by atoms with Gasteiger partial charge in [-0.1, -0.05) is 46.1 Å². The standard InChI is InChI=1S/C26H28BrClN4O/c27-20-12-19-7-6-18-13-21(28)8-9-22(18)25(24(19)30-16-20)32-11-2-1-5-23(32)26(33)31-15-17-4-3-10-29-14-17/h3-4,8-10,12-14,23,25,30H,1-2,5-7,11,15-16H2,(H,31,33)/t23-,25?/m1/s1. The number of fused-ring (bicyclic) bond motifs is 1. The van der Waals surface area contributed by atoms with E-state index < -0.39 is 0 Å². The van der Waals surface area contributed by atoms with E-state index in [1.54, 1.807) is 12.4 Å². The number of carbonyl (C=O) groups excluding carboxylic acids is 1. The monoisotopic (exact) mass is 526 g/mol. The molecule has 5 nitrogen and oxygen atoms in total. The van der Waals surface area contributed by atoms with Crippen molar-refractivity contribution in [2.75, 3.05) is 13.1 Å². The number of nitrogens with one attached hydrogen (secondary N) is 2. The summed E-state index contributed by atoms with van der Waals surface area (Å²) in [6.45, 7) is 2.15. The van der Waals surface area contributed by atoms with Gasteiger partial charge in [-0.05, 0) is 78.8 Å². The Bertz CT molecular complexity index is 1100. The fraction of sp³-hybridized carbons (Fsp3) is 0.385. The molecule has 3 heterocycles. The number of aryl methyl sites for hydroxylation is 1. The van der Waals surface area contributed by atoms with Gasteiger partial charge in [-0.2, -0.15) is 0 Å². The van der Waals surface area contributed by atoms with Crippen molar-refractivity contribution in [1.29, 1.82) is 0 Å². The van der Waals surface area contributed by atoms with Gasteiger partial charge in [0.15, 0.2) is 0 Å². The van der Waals surface area contributed by atoms with E-state index in [0.717, 1.165) is 60.3 Å². The quantitative estimate of drug-likeness (QED) is 0.586. The number of hydrogen-bond acceptors (Lipinski definition) is 4. The average molecular weight is 528 g/mol. The molecule has 1 aromatic carbocycles. The highest BCUT2D eigenvalue weighted by Crippen LogP contribution is 2.42. The van der Waals surface area contributed by atoms with Crippen molar-refractivity contribution in [2.24, 2.45) is 0 Å². The van der Waals surface area contributed by atoms with Crippen molar-refractivity contribution in [1.82, 2.24) is 20.5 Å². The lowest BCUT2D eigenvalue weighted by Crippen LogP contribution is -2.52. The number of carbonyl (C=O) groups is 1. The van der Waals surface area contributed by atoms with Gasteiger partial charge in [-0.15, -0.1) is 0 Å². The Morgan fingerprint density at radius 2 is 2.18 bits per heavy atom. The maximum absolute atomic E-state index is 13.4. The van der Waals surface area contributed by atoms with Crippen molar-refractivity contribution in [3.05, 3.63) is 86.3 Å². The molecule has 3 aliphatic rings. The number of nitrogens with zero attached hydrogens (tertiary/aromatic N) is 2. The average Bonchev–Trinajstić information content (AvgIpc) is 2.99. The molecule has 2 aromatic rings. The summed E-state index contributed by atoms with van der Waals surface area (Å²) in [5, 5.41) is 7.61. The van der Waals surface area contributed by atoms with Crippen molar-refractivity contribution in [3.63, 3.8) is 0 Å². The summed E-state index contributed by atoms with van der Waals surface area (Å²) < 4.78 is 1.16. The zero-order chi connectivity index (χ0) is 22.8. The molecule has 2 atom stereocenters. The highest BCUT2D eigenvalue weighted by atomic mass is 79.9. The minimum atomic E-state index is -0.174. The molecule has 2 aliphatic heterocycles. The van der Waals surface area contributed by atoms with Crippen LogP contribution >= 0.6 is 27.5 Å². The Kier molecular flexibility index (Phi) is 6.86. The molecule has 5 rings (SSSR count). The van der Waals surface area contributed by atoms with Crippen LogP contribution in [0.15, 0.2) is 64.6 Å². The Balaban J connectivity index is 1.49. The van der Waals surface area contributed by atoms with Crippen LogP contribution in [0.1, 0.15) is 48.4 Å². The van der Waals surface area contributed by atoms with Gasteiger partial charge in [-0.25, -0.2) is 0 Å². The van der Waals surface area contributed by atoms with E-state index in [0.29, 0.717) is 6.54 Å². The summed E-state index contributed by atoms with van der Waals surface area (Å²) in [4.78, 5) is 20.0. The molecule has 0 spiro atoms. The molecule has 7 heteroatoms. The molecule has 33 heavy (non-hydrogen) atoms. The molecule has 172 valence electrons. The van der Waals surface area contributed by atoms with Crippen LogP contribution in [0.3, 0.4) is 0 Å². The molecule has 0 radical (unpaired) electrons. The van der Waals surface area contributed by atoms with E-state index in [-0.39, 0.29) is 18.0 Å². The first-order valence-corrected chi connectivity index (χ1v) is 12.8. The smallest absolute Gasteiger partial charge is 0.237 e. The fourth-order valence-corrected chi connectivity index (χ4v) is 5.88. The second kappa shape index (κ2) is 10.00. The molecule has 1 aromatic heterocycles. The lowest BCUT2D eigenvalue weighted by Gasteiger charge is -2.42. The van der Waals surface area contributed by atoms with E-state index in [1.807, 2.05) is 18.2 Å². The fourth-order valence-electron chi connectivity index (χ4n) is 5.27. The minimum absolute atomic E-state index is 0.0149. The highest BCUT2D eigenvalue weighted by Gasteiger charge is 2.39. The van der Waals surface area contributed by atoms with Crippen molar-refractivity contribution >= 4 is 33.4 Å². The van der Waals surface area contributed by atoms with E-state index in [1.165, 1.54) is 22.4 Å². The number of piperidine rings is 1. The van der Waals surface area contributed by atoms with Crippen molar-refractivity contribution in [2.45, 2.75) is 50.7 Å². The largest absolute Gasteiger partial charge is 0.382 e. The van der Waals surface area contributed by atoms with Crippen LogP contribution in [0.5, 0.6) is 0 Å². The second-order valence-corrected chi connectivity index (χ2v) is 10.4. The molecule has 0 bridgehead atoms. The van der Waals surface area contributed by atoms with Crippen molar-refractivity contribution in [3.8, 4) is 0 Å². The maximum Gasteiger partial charge on any atom is 0.237 e. The number of halogens is 2. The van der Waals surface area contributed by atoms with E-state index >= 15 is 0 Å². The van der Waals surface area contributed by atoms with E-state index in [4.69, 9.17) is 11.6 Å². The summed E-state index contributed by atoms with van der Waals surface area (Å²) in [5.41, 5.74) is 6.08. The van der Waals surface area contributed by atoms with Crippen molar-refractivity contribution < 1.29 is 4.79 Å². The molecular weight excluding hydrogens is 500 g/mol. The highest BCUT2D eigenvalue weighted by molar-refractivity contribution is 9.11. The van der Waals surface area contributed by atoms with Gasteiger partial charge in [0, 0.05) is 40.7 Å². The second-order valence-electron chi connectivity index (χ2n) is 8.96. The zero-order valence-electron chi connectivity index (χ0n) is 18.5. The first kappa shape index (κ1) is 22.6. The third-order valence-electron chi connectivity index (χ3n) is 6.83. The van der Waals surface area contributed by atoms with Crippen LogP contribution in [-0.2, 0) is 17.8 Å². The van der Waals surface area contributed by atoms with Crippen LogP contribution in [-0.4, -0.2) is 34.9 Å². The number of benzene rings is 1. The number of amides is 1. The van der Waals surface area contributed by atoms with Gasteiger partial charge in [0.1, 0.15) is 0 Å². The third kappa shape index (κ3) is 4.88. The van der Waals surface area contributed by atoms with Gasteiger partial charge in [-0.3, -0.25) is 14.7 Å². The number of aromatic nitrogens is 1. The number of pyridine rings is 1. The Labute approximate surface area is 208 Å². The summed E-state index contributed by atoms with van der Waals surface area (Å²) in [6.07, 6.45) is 10.7. The molecule has 1 saturated heterocycles. The lowest BCUT2D eigenvalue weighted by molar-refractivity contribution is -0.128. The van der Waals surface area contributed by atoms with Crippen LogP contribution in [0, 0.1) is 0 Å². The molecular formula is C26H28BrClN4O. The van der Waals surface area contributed by atoms with Gasteiger partial charge < -0.3 is 10.6 Å². The number of dihydropyridines is 1. The number of rotatable bonds is 4. The normalized spacial score (nSPS) is 23.0. The Morgan fingerprint density at radius 3 is 3.03 bits per heavy atom. The molecule has 1 aliphatic carbocycles. The summed E-state index contributed by atoms with van der Waals surface area (Å²) in [6, 6.07) is 9.97. The molecule has 2 N–H and O–H groups in total. The predicted molar refractivity (Wildman–Crippen MR) is 135 cm³/mol. The number of likely N-dealkylation sites (tertiary alicyclic amines) is 1. The maximum atomic E-state index is 13.4. The van der Waals surface area contributed by atoms with Crippen LogP contribution in [0.4, 0.5) is 0 Å². The lowest BCUT2D eigenvalue weighted by atomic mass is 9.91. The third-order valence-corrected chi connectivity index (χ3v) is 7.57. The Hall–Kier alpha value is -2.15. The number of hydrogen-bond donors (Lipinski definition) is 2. The first-order valence-electron chi connectivity index (χ1n) is 11.6. The Morgan fingerprint density at radius 1 is 1.27 bits per heavy atom. The topological polar surface area (TPSA) is 57.3 Å². The van der Waals surface area contributed by atoms with Gasteiger partial charge in [0.05, 0.1) is 12.1 Å². The predicted octanol–water partition coefficient (Wildman–Crippen LogP) is 5.03. The van der Waals surface area contributed by atoms with Crippen LogP contribution in [0.25, 0.3) is 0 Å². The van der Waals surface area contributed by atoms with Gasteiger partial charge in [0.2, 0.25) is 5.91 Å².